The van der Waals surface area contributed by atoms with Gasteiger partial charge >= 0.3 is 0 Å². The second-order valence-corrected chi connectivity index (χ2v) is 8.25. The van der Waals surface area contributed by atoms with Crippen molar-refractivity contribution in [1.29, 1.82) is 0 Å². The standard InChI is InChI=1S/C8H8BrF2NO4S2/c1-17(13,14)12(18(2,15)16)8-6(10)3-5(9)4-7(8)11/h3-4H,1-2H3. The van der Waals surface area contributed by atoms with E-state index in [0.29, 0.717) is 12.5 Å². The van der Waals surface area contributed by atoms with E-state index >= 15 is 0 Å². The number of halogens is 3. The molecule has 0 saturated carbocycles. The summed E-state index contributed by atoms with van der Waals surface area (Å²) in [5.41, 5.74) is -1.15. The van der Waals surface area contributed by atoms with Crippen molar-refractivity contribution in [2.75, 3.05) is 16.2 Å². The first-order valence-electron chi connectivity index (χ1n) is 4.29. The van der Waals surface area contributed by atoms with Crippen LogP contribution in [0.4, 0.5) is 14.5 Å². The third-order valence-electron chi connectivity index (χ3n) is 1.77. The molecule has 10 heteroatoms. The van der Waals surface area contributed by atoms with Gasteiger partial charge in [-0.2, -0.15) is 3.71 Å². The van der Waals surface area contributed by atoms with E-state index in [1.54, 1.807) is 0 Å². The number of sulfonamides is 2. The van der Waals surface area contributed by atoms with Gasteiger partial charge in [-0.15, -0.1) is 0 Å². The first-order valence-corrected chi connectivity index (χ1v) is 8.78. The van der Waals surface area contributed by atoms with Crippen LogP contribution >= 0.6 is 15.9 Å². The zero-order valence-corrected chi connectivity index (χ0v) is 12.4. The third-order valence-corrected chi connectivity index (χ3v) is 5.42. The van der Waals surface area contributed by atoms with Gasteiger partial charge in [-0.3, -0.25) is 0 Å². The molecule has 1 rings (SSSR count). The summed E-state index contributed by atoms with van der Waals surface area (Å²) in [7, 11) is -8.77. The molecular formula is C8H8BrF2NO4S2. The molecule has 18 heavy (non-hydrogen) atoms. The molecule has 0 amide bonds. The summed E-state index contributed by atoms with van der Waals surface area (Å²) in [4.78, 5) is 0. The van der Waals surface area contributed by atoms with Crippen molar-refractivity contribution in [3.63, 3.8) is 0 Å². The second kappa shape index (κ2) is 4.74. The molecule has 0 aliphatic heterocycles. The van der Waals surface area contributed by atoms with Gasteiger partial charge in [0.1, 0.15) is 5.69 Å². The molecule has 1 aromatic carbocycles. The quantitative estimate of drug-likeness (QED) is 0.814. The summed E-state index contributed by atoms with van der Waals surface area (Å²) in [6, 6.07) is 1.53. The van der Waals surface area contributed by atoms with Crippen LogP contribution in [0.1, 0.15) is 0 Å². The number of anilines is 1. The van der Waals surface area contributed by atoms with Crippen LogP contribution in [0, 0.1) is 11.6 Å². The van der Waals surface area contributed by atoms with Gasteiger partial charge in [0.05, 0.1) is 12.5 Å². The van der Waals surface area contributed by atoms with Crippen LogP contribution in [0.3, 0.4) is 0 Å². The van der Waals surface area contributed by atoms with E-state index < -0.39 is 37.4 Å². The molecular weight excluding hydrogens is 356 g/mol. The van der Waals surface area contributed by atoms with Crippen LogP contribution in [0.15, 0.2) is 16.6 Å². The fraction of sp³-hybridized carbons (Fsp3) is 0.250. The Morgan fingerprint density at radius 3 is 1.61 bits per heavy atom. The minimum atomic E-state index is -4.38. The molecule has 5 nitrogen and oxygen atoms in total. The lowest BCUT2D eigenvalue weighted by Gasteiger charge is -2.20. The highest BCUT2D eigenvalue weighted by Gasteiger charge is 2.32. The molecule has 0 fully saturated rings. The predicted molar refractivity (Wildman–Crippen MR) is 66.2 cm³/mol. The average Bonchev–Trinajstić information content (AvgIpc) is 2.06. The smallest absolute Gasteiger partial charge is 0.206 e. The van der Waals surface area contributed by atoms with Crippen LogP contribution < -0.4 is 3.71 Å². The van der Waals surface area contributed by atoms with E-state index in [0.717, 1.165) is 12.1 Å². The zero-order valence-electron chi connectivity index (χ0n) is 9.19. The maximum atomic E-state index is 13.6. The topological polar surface area (TPSA) is 71.5 Å². The van der Waals surface area contributed by atoms with Crippen LogP contribution in [0.25, 0.3) is 0 Å². The summed E-state index contributed by atoms with van der Waals surface area (Å²) in [6.07, 6.45) is 1.07. The fourth-order valence-corrected chi connectivity index (χ4v) is 4.67. The molecule has 0 bridgehead atoms. The zero-order chi connectivity index (χ0) is 14.3. The van der Waals surface area contributed by atoms with E-state index in [4.69, 9.17) is 0 Å². The minimum absolute atomic E-state index is 0.0169. The number of hydrogen-bond donors (Lipinski definition) is 0. The summed E-state index contributed by atoms with van der Waals surface area (Å²) in [6.45, 7) is 0. The number of benzene rings is 1. The number of nitrogens with zero attached hydrogens (tertiary/aromatic N) is 1. The van der Waals surface area contributed by atoms with Crippen LogP contribution in [-0.2, 0) is 20.0 Å². The Kier molecular flexibility index (Phi) is 4.03. The van der Waals surface area contributed by atoms with Crippen molar-refractivity contribution in [3.05, 3.63) is 28.2 Å². The van der Waals surface area contributed by atoms with Gasteiger partial charge < -0.3 is 0 Å². The molecule has 0 unspecified atom stereocenters. The summed E-state index contributed by atoms with van der Waals surface area (Å²) in [5, 5.41) is 0. The molecule has 0 spiro atoms. The second-order valence-electron chi connectivity index (χ2n) is 3.44. The average molecular weight is 364 g/mol. The molecule has 0 radical (unpaired) electrons. The first-order chi connectivity index (χ1) is 7.94. The summed E-state index contributed by atoms with van der Waals surface area (Å²) in [5.74, 6) is -2.62. The van der Waals surface area contributed by atoms with Crippen LogP contribution in [-0.4, -0.2) is 29.3 Å². The lowest BCUT2D eigenvalue weighted by atomic mass is 10.3. The van der Waals surface area contributed by atoms with Crippen molar-refractivity contribution < 1.29 is 25.6 Å². The van der Waals surface area contributed by atoms with Crippen molar-refractivity contribution in [2.24, 2.45) is 0 Å². The van der Waals surface area contributed by atoms with Crippen molar-refractivity contribution in [3.8, 4) is 0 Å². The third kappa shape index (κ3) is 3.18. The molecule has 102 valence electrons. The van der Waals surface area contributed by atoms with Gasteiger partial charge in [0, 0.05) is 4.47 Å². The van der Waals surface area contributed by atoms with Crippen molar-refractivity contribution >= 4 is 41.7 Å². The van der Waals surface area contributed by atoms with Gasteiger partial charge in [0.25, 0.3) is 0 Å². The highest BCUT2D eigenvalue weighted by Crippen LogP contribution is 2.30. The Labute approximate surface area is 112 Å². The summed E-state index contributed by atoms with van der Waals surface area (Å²) >= 11 is 2.80. The first kappa shape index (κ1) is 15.3. The normalized spacial score (nSPS) is 12.5. The largest absolute Gasteiger partial charge is 0.245 e. The Morgan fingerprint density at radius 1 is 1.00 bits per heavy atom. The lowest BCUT2D eigenvalue weighted by Crippen LogP contribution is -2.36. The van der Waals surface area contributed by atoms with E-state index in [2.05, 4.69) is 15.9 Å². The highest BCUT2D eigenvalue weighted by molar-refractivity contribution is 9.10. The van der Waals surface area contributed by atoms with Gasteiger partial charge in [-0.1, -0.05) is 15.9 Å². The Morgan fingerprint density at radius 2 is 1.33 bits per heavy atom. The summed E-state index contributed by atoms with van der Waals surface area (Å²) < 4.78 is 72.4. The molecule has 0 heterocycles. The molecule has 0 aliphatic carbocycles. The highest BCUT2D eigenvalue weighted by atomic mass is 79.9. The number of rotatable bonds is 3. The number of hydrogen-bond acceptors (Lipinski definition) is 4. The molecule has 0 saturated heterocycles. The van der Waals surface area contributed by atoms with E-state index in [9.17, 15) is 25.6 Å². The monoisotopic (exact) mass is 363 g/mol. The Bertz CT molecular complexity index is 632. The van der Waals surface area contributed by atoms with Crippen molar-refractivity contribution in [2.45, 2.75) is 0 Å². The van der Waals surface area contributed by atoms with Gasteiger partial charge in [0.15, 0.2) is 11.6 Å². The van der Waals surface area contributed by atoms with E-state index in [-0.39, 0.29) is 8.18 Å². The van der Waals surface area contributed by atoms with E-state index in [1.165, 1.54) is 0 Å². The Balaban J connectivity index is 3.72. The predicted octanol–water partition coefficient (Wildman–Crippen LogP) is 1.45. The van der Waals surface area contributed by atoms with Crippen LogP contribution in [0.2, 0.25) is 0 Å². The SMILES string of the molecule is CS(=O)(=O)N(c1c(F)cc(Br)cc1F)S(C)(=O)=O. The minimum Gasteiger partial charge on any atom is -0.206 e. The molecule has 0 aliphatic rings. The molecule has 1 aromatic rings. The van der Waals surface area contributed by atoms with Crippen LogP contribution in [0.5, 0.6) is 0 Å². The van der Waals surface area contributed by atoms with Gasteiger partial charge in [-0.25, -0.2) is 25.6 Å². The molecule has 0 N–H and O–H groups in total. The van der Waals surface area contributed by atoms with Gasteiger partial charge in [-0.05, 0) is 12.1 Å². The fourth-order valence-electron chi connectivity index (χ4n) is 1.29. The maximum Gasteiger partial charge on any atom is 0.245 e. The Hall–Kier alpha value is -0.740. The maximum absolute atomic E-state index is 13.6. The molecule has 0 aromatic heterocycles. The van der Waals surface area contributed by atoms with Gasteiger partial charge in [0.2, 0.25) is 20.0 Å². The lowest BCUT2D eigenvalue weighted by molar-refractivity contribution is 0.569. The van der Waals surface area contributed by atoms with E-state index in [1.807, 2.05) is 0 Å². The van der Waals surface area contributed by atoms with Crippen molar-refractivity contribution in [1.82, 2.24) is 0 Å². The molecule has 0 atom stereocenters.